The zero-order valence-electron chi connectivity index (χ0n) is 16.2. The zero-order chi connectivity index (χ0) is 19.9. The standard InChI is InChI=1S/C22H26FN3O2/c1-2-26(20-6-4-3-5-7-20)22(28)17-24-12-14-25(15-13-24)21(27)16-18-8-10-19(23)11-9-18/h3-11H,2,12-17H2,1H3. The zero-order valence-corrected chi connectivity index (χ0v) is 16.2. The summed E-state index contributed by atoms with van der Waals surface area (Å²) in [6, 6.07) is 15.7. The van der Waals surface area contributed by atoms with E-state index in [0.29, 0.717) is 39.3 Å². The molecule has 1 heterocycles. The number of rotatable bonds is 6. The number of likely N-dealkylation sites (N-methyl/N-ethyl adjacent to an activating group) is 1. The van der Waals surface area contributed by atoms with E-state index in [0.717, 1.165) is 11.3 Å². The average molecular weight is 383 g/mol. The van der Waals surface area contributed by atoms with E-state index in [9.17, 15) is 14.0 Å². The van der Waals surface area contributed by atoms with Gasteiger partial charge < -0.3 is 9.80 Å². The fourth-order valence-electron chi connectivity index (χ4n) is 3.43. The van der Waals surface area contributed by atoms with Crippen LogP contribution in [0, 0.1) is 5.82 Å². The molecule has 2 aromatic carbocycles. The summed E-state index contributed by atoms with van der Waals surface area (Å²) in [7, 11) is 0. The van der Waals surface area contributed by atoms with Gasteiger partial charge in [0, 0.05) is 38.4 Å². The lowest BCUT2D eigenvalue weighted by Gasteiger charge is -2.35. The highest BCUT2D eigenvalue weighted by atomic mass is 19.1. The van der Waals surface area contributed by atoms with E-state index in [2.05, 4.69) is 4.90 Å². The molecule has 3 rings (SSSR count). The average Bonchev–Trinajstić information content (AvgIpc) is 2.71. The Bertz CT molecular complexity index is 787. The highest BCUT2D eigenvalue weighted by molar-refractivity contribution is 5.94. The molecule has 6 heteroatoms. The van der Waals surface area contributed by atoms with E-state index in [4.69, 9.17) is 0 Å². The maximum Gasteiger partial charge on any atom is 0.241 e. The van der Waals surface area contributed by atoms with Crippen molar-refractivity contribution in [2.24, 2.45) is 0 Å². The highest BCUT2D eigenvalue weighted by Crippen LogP contribution is 2.14. The predicted molar refractivity (Wildman–Crippen MR) is 108 cm³/mol. The second-order valence-corrected chi connectivity index (χ2v) is 6.93. The summed E-state index contributed by atoms with van der Waals surface area (Å²) < 4.78 is 13.0. The molecular formula is C22H26FN3O2. The van der Waals surface area contributed by atoms with Crippen LogP contribution in [-0.4, -0.2) is 60.9 Å². The van der Waals surface area contributed by atoms with Crippen LogP contribution in [0.25, 0.3) is 0 Å². The number of hydrogen-bond donors (Lipinski definition) is 0. The van der Waals surface area contributed by atoms with Crippen LogP contribution < -0.4 is 4.90 Å². The van der Waals surface area contributed by atoms with Crippen LogP contribution in [0.3, 0.4) is 0 Å². The molecule has 0 aliphatic carbocycles. The van der Waals surface area contributed by atoms with E-state index >= 15 is 0 Å². The normalized spacial score (nSPS) is 14.7. The van der Waals surface area contributed by atoms with Crippen LogP contribution in [0.4, 0.5) is 10.1 Å². The molecule has 5 nitrogen and oxygen atoms in total. The number of carbonyl (C=O) groups excluding carboxylic acids is 2. The minimum absolute atomic E-state index is 0.0389. The third kappa shape index (κ3) is 5.16. The Labute approximate surface area is 165 Å². The summed E-state index contributed by atoms with van der Waals surface area (Å²) in [5.41, 5.74) is 1.72. The molecule has 1 saturated heterocycles. The van der Waals surface area contributed by atoms with Gasteiger partial charge in [0.1, 0.15) is 5.82 Å². The highest BCUT2D eigenvalue weighted by Gasteiger charge is 2.24. The Morgan fingerprint density at radius 2 is 1.61 bits per heavy atom. The van der Waals surface area contributed by atoms with Crippen molar-refractivity contribution in [3.05, 3.63) is 66.0 Å². The molecule has 0 unspecified atom stereocenters. The number of hydrogen-bond acceptors (Lipinski definition) is 3. The molecule has 1 aliphatic rings. The van der Waals surface area contributed by atoms with Crippen LogP contribution in [0.1, 0.15) is 12.5 Å². The number of amides is 2. The molecule has 0 aromatic heterocycles. The van der Waals surface area contributed by atoms with Gasteiger partial charge in [-0.15, -0.1) is 0 Å². The van der Waals surface area contributed by atoms with Gasteiger partial charge in [0.15, 0.2) is 0 Å². The second-order valence-electron chi connectivity index (χ2n) is 6.93. The second kappa shape index (κ2) is 9.46. The van der Waals surface area contributed by atoms with Gasteiger partial charge in [-0.1, -0.05) is 30.3 Å². The summed E-state index contributed by atoms with van der Waals surface area (Å²) in [5, 5.41) is 0. The van der Waals surface area contributed by atoms with E-state index < -0.39 is 0 Å². The monoisotopic (exact) mass is 383 g/mol. The van der Waals surface area contributed by atoms with Gasteiger partial charge in [-0.2, -0.15) is 0 Å². The molecule has 0 atom stereocenters. The van der Waals surface area contributed by atoms with Gasteiger partial charge in [-0.25, -0.2) is 4.39 Å². The predicted octanol–water partition coefficient (Wildman–Crippen LogP) is 2.57. The van der Waals surface area contributed by atoms with Gasteiger partial charge in [0.05, 0.1) is 13.0 Å². The Hall–Kier alpha value is -2.73. The number of nitrogens with zero attached hydrogens (tertiary/aromatic N) is 3. The number of para-hydroxylation sites is 1. The Kier molecular flexibility index (Phi) is 6.76. The first-order valence-corrected chi connectivity index (χ1v) is 9.67. The van der Waals surface area contributed by atoms with Crippen molar-refractivity contribution in [2.75, 3.05) is 44.2 Å². The Morgan fingerprint density at radius 3 is 2.21 bits per heavy atom. The first-order valence-electron chi connectivity index (χ1n) is 9.67. The summed E-state index contributed by atoms with van der Waals surface area (Å²) in [6.45, 7) is 5.49. The lowest BCUT2D eigenvalue weighted by molar-refractivity contribution is -0.132. The summed E-state index contributed by atoms with van der Waals surface area (Å²) in [6.07, 6.45) is 0.275. The number of piperazine rings is 1. The molecule has 1 fully saturated rings. The lowest BCUT2D eigenvalue weighted by atomic mass is 10.1. The molecule has 1 aliphatic heterocycles. The van der Waals surface area contributed by atoms with Gasteiger partial charge in [0.2, 0.25) is 11.8 Å². The van der Waals surface area contributed by atoms with Crippen molar-refractivity contribution >= 4 is 17.5 Å². The van der Waals surface area contributed by atoms with E-state index in [1.165, 1.54) is 12.1 Å². The molecule has 0 saturated carbocycles. The van der Waals surface area contributed by atoms with Crippen LogP contribution in [0.15, 0.2) is 54.6 Å². The van der Waals surface area contributed by atoms with Crippen molar-refractivity contribution in [1.29, 1.82) is 0 Å². The van der Waals surface area contributed by atoms with Gasteiger partial charge >= 0.3 is 0 Å². The third-order valence-electron chi connectivity index (χ3n) is 5.04. The number of carbonyl (C=O) groups is 2. The Balaban J connectivity index is 1.48. The number of benzene rings is 2. The van der Waals surface area contributed by atoms with Gasteiger partial charge in [0.25, 0.3) is 0 Å². The molecule has 148 valence electrons. The molecule has 28 heavy (non-hydrogen) atoms. The minimum atomic E-state index is -0.300. The molecule has 0 bridgehead atoms. The molecule has 0 N–H and O–H groups in total. The molecule has 2 amide bonds. The van der Waals surface area contributed by atoms with Crippen LogP contribution >= 0.6 is 0 Å². The summed E-state index contributed by atoms with van der Waals surface area (Å²) in [4.78, 5) is 30.9. The largest absolute Gasteiger partial charge is 0.340 e. The molecule has 0 spiro atoms. The fourth-order valence-corrected chi connectivity index (χ4v) is 3.43. The van der Waals surface area contributed by atoms with Crippen molar-refractivity contribution in [3.8, 4) is 0 Å². The van der Waals surface area contributed by atoms with Crippen LogP contribution in [-0.2, 0) is 16.0 Å². The third-order valence-corrected chi connectivity index (χ3v) is 5.04. The van der Waals surface area contributed by atoms with Crippen LogP contribution in [0.5, 0.6) is 0 Å². The van der Waals surface area contributed by atoms with Crippen molar-refractivity contribution in [3.63, 3.8) is 0 Å². The van der Waals surface area contributed by atoms with Crippen molar-refractivity contribution < 1.29 is 14.0 Å². The summed E-state index contributed by atoms with van der Waals surface area (Å²) in [5.74, 6) is -0.192. The maximum absolute atomic E-state index is 13.0. The lowest BCUT2D eigenvalue weighted by Crippen LogP contribution is -2.52. The topological polar surface area (TPSA) is 43.9 Å². The van der Waals surface area contributed by atoms with Gasteiger partial charge in [-0.3, -0.25) is 14.5 Å². The van der Waals surface area contributed by atoms with Crippen molar-refractivity contribution in [2.45, 2.75) is 13.3 Å². The van der Waals surface area contributed by atoms with Gasteiger partial charge in [-0.05, 0) is 36.8 Å². The SMILES string of the molecule is CCN(C(=O)CN1CCN(C(=O)Cc2ccc(F)cc2)CC1)c1ccccc1. The minimum Gasteiger partial charge on any atom is -0.340 e. The summed E-state index contributed by atoms with van der Waals surface area (Å²) >= 11 is 0. The smallest absolute Gasteiger partial charge is 0.241 e. The first-order chi connectivity index (χ1) is 13.6. The molecule has 0 radical (unpaired) electrons. The number of halogens is 1. The van der Waals surface area contributed by atoms with E-state index in [-0.39, 0.29) is 24.1 Å². The quantitative estimate of drug-likeness (QED) is 0.770. The van der Waals surface area contributed by atoms with E-state index in [1.807, 2.05) is 42.2 Å². The maximum atomic E-state index is 13.0. The molecular weight excluding hydrogens is 357 g/mol. The fraction of sp³-hybridized carbons (Fsp3) is 0.364. The van der Waals surface area contributed by atoms with E-state index in [1.54, 1.807) is 17.0 Å². The van der Waals surface area contributed by atoms with Crippen LogP contribution in [0.2, 0.25) is 0 Å². The van der Waals surface area contributed by atoms with Crippen molar-refractivity contribution in [1.82, 2.24) is 9.80 Å². The molecule has 2 aromatic rings. The number of anilines is 1. The first kappa shape index (κ1) is 20.0. The Morgan fingerprint density at radius 1 is 0.964 bits per heavy atom.